The van der Waals surface area contributed by atoms with Crippen LogP contribution in [-0.2, 0) is 4.79 Å². The number of ether oxygens (including phenoxy) is 1. The number of esters is 1. The third-order valence-electron chi connectivity index (χ3n) is 1.83. The molecule has 1 aromatic carbocycles. The number of hydrogen-bond donors (Lipinski definition) is 0. The first-order chi connectivity index (χ1) is 8.23. The molecule has 0 N–H and O–H groups in total. The molecule has 0 fully saturated rings. The minimum Gasteiger partial charge on any atom is -0.426 e. The number of halogens is 5. The normalized spacial score (nSPS) is 11.2. The molecular formula is C11H7F5O2. The summed E-state index contributed by atoms with van der Waals surface area (Å²) in [7, 11) is 0. The highest BCUT2D eigenvalue weighted by atomic mass is 19.4. The van der Waals surface area contributed by atoms with Crippen molar-refractivity contribution >= 4 is 12.0 Å². The SMILES string of the molecule is C=Cc1c(F)cc(OC(=O)CC(F)(F)F)cc1F. The van der Waals surface area contributed by atoms with Gasteiger partial charge in [-0.1, -0.05) is 12.7 Å². The summed E-state index contributed by atoms with van der Waals surface area (Å²) in [5.74, 6) is -4.45. The quantitative estimate of drug-likeness (QED) is 0.475. The maximum Gasteiger partial charge on any atom is 0.399 e. The van der Waals surface area contributed by atoms with Gasteiger partial charge in [0.05, 0.1) is 0 Å². The number of benzene rings is 1. The number of carbonyl (C=O) groups is 1. The Kier molecular flexibility index (Phi) is 4.05. The van der Waals surface area contributed by atoms with E-state index in [1.165, 1.54) is 0 Å². The molecule has 0 saturated heterocycles. The Morgan fingerprint density at radius 3 is 2.17 bits per heavy atom. The van der Waals surface area contributed by atoms with Crippen LogP contribution in [0.4, 0.5) is 22.0 Å². The molecule has 0 heterocycles. The van der Waals surface area contributed by atoms with Crippen LogP contribution in [0.15, 0.2) is 18.7 Å². The molecule has 18 heavy (non-hydrogen) atoms. The minimum absolute atomic E-state index is 0.453. The van der Waals surface area contributed by atoms with Gasteiger partial charge in [-0.25, -0.2) is 8.78 Å². The second-order valence-corrected chi connectivity index (χ2v) is 3.27. The second kappa shape index (κ2) is 5.16. The first-order valence-electron chi connectivity index (χ1n) is 4.62. The van der Waals surface area contributed by atoms with Gasteiger partial charge in [-0.2, -0.15) is 13.2 Å². The third kappa shape index (κ3) is 3.83. The molecule has 0 aliphatic carbocycles. The fourth-order valence-corrected chi connectivity index (χ4v) is 1.15. The Labute approximate surface area is 98.7 Å². The van der Waals surface area contributed by atoms with E-state index in [4.69, 9.17) is 0 Å². The fraction of sp³-hybridized carbons (Fsp3) is 0.182. The molecular weight excluding hydrogens is 259 g/mol. The van der Waals surface area contributed by atoms with E-state index in [0.29, 0.717) is 12.1 Å². The van der Waals surface area contributed by atoms with Gasteiger partial charge in [0, 0.05) is 17.7 Å². The van der Waals surface area contributed by atoms with Crippen LogP contribution in [0.5, 0.6) is 5.75 Å². The summed E-state index contributed by atoms with van der Waals surface area (Å²) in [5, 5.41) is 0. The zero-order valence-corrected chi connectivity index (χ0v) is 8.85. The summed E-state index contributed by atoms with van der Waals surface area (Å²) >= 11 is 0. The molecule has 0 aliphatic heterocycles. The van der Waals surface area contributed by atoms with Crippen LogP contribution in [0.1, 0.15) is 12.0 Å². The minimum atomic E-state index is -4.74. The highest BCUT2D eigenvalue weighted by molar-refractivity contribution is 5.73. The maximum atomic E-state index is 13.2. The molecule has 0 aliphatic rings. The van der Waals surface area contributed by atoms with E-state index in [1.54, 1.807) is 0 Å². The van der Waals surface area contributed by atoms with Crippen molar-refractivity contribution in [3.05, 3.63) is 35.9 Å². The molecule has 1 rings (SSSR count). The van der Waals surface area contributed by atoms with Crippen LogP contribution in [0, 0.1) is 11.6 Å². The van der Waals surface area contributed by atoms with Crippen molar-refractivity contribution in [1.82, 2.24) is 0 Å². The zero-order valence-electron chi connectivity index (χ0n) is 8.85. The van der Waals surface area contributed by atoms with Gasteiger partial charge in [-0.05, 0) is 0 Å². The van der Waals surface area contributed by atoms with Gasteiger partial charge in [-0.15, -0.1) is 0 Å². The average Bonchev–Trinajstić information content (AvgIpc) is 2.13. The Morgan fingerprint density at radius 1 is 1.28 bits per heavy atom. The smallest absolute Gasteiger partial charge is 0.399 e. The lowest BCUT2D eigenvalue weighted by atomic mass is 10.2. The van der Waals surface area contributed by atoms with Crippen LogP contribution >= 0.6 is 0 Å². The van der Waals surface area contributed by atoms with Crippen molar-refractivity contribution in [2.45, 2.75) is 12.6 Å². The lowest BCUT2D eigenvalue weighted by Crippen LogP contribution is -2.19. The summed E-state index contributed by atoms with van der Waals surface area (Å²) in [6.45, 7) is 3.16. The molecule has 0 atom stereocenters. The summed E-state index contributed by atoms with van der Waals surface area (Å²) in [4.78, 5) is 10.8. The highest BCUT2D eigenvalue weighted by Gasteiger charge is 2.32. The molecule has 0 bridgehead atoms. The second-order valence-electron chi connectivity index (χ2n) is 3.27. The Bertz CT molecular complexity index is 456. The molecule has 1 aromatic rings. The third-order valence-corrected chi connectivity index (χ3v) is 1.83. The molecule has 98 valence electrons. The van der Waals surface area contributed by atoms with E-state index in [0.717, 1.165) is 6.08 Å². The van der Waals surface area contributed by atoms with E-state index < -0.39 is 41.5 Å². The molecule has 0 spiro atoms. The monoisotopic (exact) mass is 266 g/mol. The molecule has 0 saturated carbocycles. The molecule has 0 radical (unpaired) electrons. The molecule has 7 heteroatoms. The maximum absolute atomic E-state index is 13.2. The summed E-state index contributed by atoms with van der Waals surface area (Å²) in [6.07, 6.45) is -5.68. The van der Waals surface area contributed by atoms with Crippen molar-refractivity contribution in [3.8, 4) is 5.75 Å². The number of alkyl halides is 3. The van der Waals surface area contributed by atoms with Gasteiger partial charge >= 0.3 is 12.1 Å². The van der Waals surface area contributed by atoms with Crippen molar-refractivity contribution in [2.24, 2.45) is 0 Å². The topological polar surface area (TPSA) is 26.3 Å². The summed E-state index contributed by atoms with van der Waals surface area (Å²) in [5.41, 5.74) is -0.453. The van der Waals surface area contributed by atoms with Crippen molar-refractivity contribution < 1.29 is 31.5 Å². The standard InChI is InChI=1S/C11H7F5O2/c1-2-7-8(12)3-6(4-9(7)13)18-10(17)5-11(14,15)16/h2-4H,1,5H2. The van der Waals surface area contributed by atoms with Crippen LogP contribution in [0.2, 0.25) is 0 Å². The van der Waals surface area contributed by atoms with E-state index in [9.17, 15) is 26.7 Å². The van der Waals surface area contributed by atoms with Crippen LogP contribution in [0.25, 0.3) is 6.08 Å². The molecule has 0 unspecified atom stereocenters. The molecule has 0 aromatic heterocycles. The van der Waals surface area contributed by atoms with Crippen LogP contribution < -0.4 is 4.74 Å². The highest BCUT2D eigenvalue weighted by Crippen LogP contribution is 2.24. The van der Waals surface area contributed by atoms with E-state index in [-0.39, 0.29) is 0 Å². The summed E-state index contributed by atoms with van der Waals surface area (Å²) in [6, 6.07) is 1.21. The van der Waals surface area contributed by atoms with E-state index in [1.807, 2.05) is 0 Å². The van der Waals surface area contributed by atoms with E-state index >= 15 is 0 Å². The van der Waals surface area contributed by atoms with Gasteiger partial charge in [0.2, 0.25) is 0 Å². The summed E-state index contributed by atoms with van der Waals surface area (Å²) < 4.78 is 66.0. The fourth-order valence-electron chi connectivity index (χ4n) is 1.15. The van der Waals surface area contributed by atoms with Crippen LogP contribution in [-0.4, -0.2) is 12.1 Å². The predicted octanol–water partition coefficient (Wildman–Crippen LogP) is 3.47. The number of hydrogen-bond acceptors (Lipinski definition) is 2. The van der Waals surface area contributed by atoms with Gasteiger partial charge in [0.15, 0.2) is 0 Å². The lowest BCUT2D eigenvalue weighted by Gasteiger charge is -2.08. The van der Waals surface area contributed by atoms with Crippen molar-refractivity contribution in [2.75, 3.05) is 0 Å². The lowest BCUT2D eigenvalue weighted by molar-refractivity contribution is -0.164. The predicted molar refractivity (Wildman–Crippen MR) is 52.8 cm³/mol. The van der Waals surface area contributed by atoms with Gasteiger partial charge < -0.3 is 4.74 Å². The largest absolute Gasteiger partial charge is 0.426 e. The van der Waals surface area contributed by atoms with E-state index in [2.05, 4.69) is 11.3 Å². The Balaban J connectivity index is 2.87. The first-order valence-corrected chi connectivity index (χ1v) is 4.62. The van der Waals surface area contributed by atoms with Crippen molar-refractivity contribution in [3.63, 3.8) is 0 Å². The number of rotatable bonds is 3. The van der Waals surface area contributed by atoms with Gasteiger partial charge in [0.25, 0.3) is 0 Å². The zero-order chi connectivity index (χ0) is 13.9. The molecule has 0 amide bonds. The van der Waals surface area contributed by atoms with Crippen molar-refractivity contribution in [1.29, 1.82) is 0 Å². The Hall–Kier alpha value is -1.92. The van der Waals surface area contributed by atoms with Gasteiger partial charge in [-0.3, -0.25) is 4.79 Å². The number of carbonyl (C=O) groups excluding carboxylic acids is 1. The average molecular weight is 266 g/mol. The van der Waals surface area contributed by atoms with Crippen LogP contribution in [0.3, 0.4) is 0 Å². The Morgan fingerprint density at radius 2 is 1.78 bits per heavy atom. The molecule has 2 nitrogen and oxygen atoms in total. The first kappa shape index (κ1) is 14.1. The van der Waals surface area contributed by atoms with Gasteiger partial charge in [0.1, 0.15) is 23.8 Å².